The van der Waals surface area contributed by atoms with Gasteiger partial charge in [-0.1, -0.05) is 42.0 Å². The summed E-state index contributed by atoms with van der Waals surface area (Å²) in [6, 6.07) is 18.7. The Kier molecular flexibility index (Phi) is 6.36. The zero-order valence-corrected chi connectivity index (χ0v) is 17.8. The molecule has 3 rings (SSSR count). The third-order valence-corrected chi connectivity index (χ3v) is 6.43. The maximum atomic E-state index is 13.3. The Bertz CT molecular complexity index is 1210. The van der Waals surface area contributed by atoms with Gasteiger partial charge in [-0.25, -0.2) is 8.42 Å². The lowest BCUT2D eigenvalue weighted by atomic mass is 10.2. The Balaban J connectivity index is 1.93. The van der Waals surface area contributed by atoms with E-state index in [1.165, 1.54) is 30.3 Å². The van der Waals surface area contributed by atoms with Gasteiger partial charge in [0.05, 0.1) is 21.2 Å². The van der Waals surface area contributed by atoms with Crippen molar-refractivity contribution in [1.82, 2.24) is 0 Å². The molecule has 0 aliphatic heterocycles. The first-order valence-corrected chi connectivity index (χ1v) is 10.8. The molecule has 0 aliphatic carbocycles. The van der Waals surface area contributed by atoms with Gasteiger partial charge in [-0.3, -0.25) is 19.2 Å². The third-order valence-electron chi connectivity index (χ3n) is 4.65. The minimum absolute atomic E-state index is 0.0567. The molecular formula is C22H21N3O5S. The van der Waals surface area contributed by atoms with Crippen molar-refractivity contribution in [3.8, 4) is 0 Å². The largest absolute Gasteiger partial charge is 0.324 e. The molecule has 1 amide bonds. The van der Waals surface area contributed by atoms with Crippen molar-refractivity contribution in [3.05, 3.63) is 94.0 Å². The van der Waals surface area contributed by atoms with E-state index in [1.54, 1.807) is 49.4 Å². The van der Waals surface area contributed by atoms with Crippen LogP contribution in [0.4, 0.5) is 17.1 Å². The number of nitrogens with one attached hydrogen (secondary N) is 1. The monoisotopic (exact) mass is 439 g/mol. The van der Waals surface area contributed by atoms with Crippen LogP contribution in [0.3, 0.4) is 0 Å². The number of non-ortho nitro benzene ring substituents is 1. The molecule has 0 saturated carbocycles. The highest BCUT2D eigenvalue weighted by molar-refractivity contribution is 7.92. The van der Waals surface area contributed by atoms with Gasteiger partial charge < -0.3 is 5.32 Å². The molecule has 160 valence electrons. The molecule has 3 aromatic carbocycles. The van der Waals surface area contributed by atoms with Crippen molar-refractivity contribution in [2.24, 2.45) is 0 Å². The second kappa shape index (κ2) is 8.97. The minimum Gasteiger partial charge on any atom is -0.324 e. The molecule has 0 atom stereocenters. The van der Waals surface area contributed by atoms with E-state index >= 15 is 0 Å². The van der Waals surface area contributed by atoms with E-state index in [1.807, 2.05) is 6.92 Å². The number of nitro groups is 1. The second-order valence-corrected chi connectivity index (χ2v) is 8.83. The number of aryl methyl sites for hydroxylation is 2. The summed E-state index contributed by atoms with van der Waals surface area (Å²) >= 11 is 0. The van der Waals surface area contributed by atoms with E-state index in [4.69, 9.17) is 0 Å². The molecular weight excluding hydrogens is 418 g/mol. The molecule has 0 saturated heterocycles. The van der Waals surface area contributed by atoms with Crippen LogP contribution in [0.5, 0.6) is 0 Å². The fraction of sp³-hybridized carbons (Fsp3) is 0.136. The predicted octanol–water partition coefficient (Wildman–Crippen LogP) is 4.05. The number of benzene rings is 3. The molecule has 0 fully saturated rings. The normalized spacial score (nSPS) is 11.0. The standard InChI is InChI=1S/C22H21N3O5S/c1-16-8-12-20(13-9-16)31(29,30)24(18-6-4-3-5-7-18)15-22(26)23-21-14-19(25(27)28)11-10-17(21)2/h3-14H,15H2,1-2H3,(H,23,26). The molecule has 3 aromatic rings. The number of hydrogen-bond acceptors (Lipinski definition) is 5. The lowest BCUT2D eigenvalue weighted by Gasteiger charge is -2.24. The molecule has 9 heteroatoms. The van der Waals surface area contributed by atoms with Gasteiger partial charge in [-0.15, -0.1) is 0 Å². The molecule has 31 heavy (non-hydrogen) atoms. The van der Waals surface area contributed by atoms with Gasteiger partial charge >= 0.3 is 0 Å². The molecule has 1 N–H and O–H groups in total. The number of nitrogens with zero attached hydrogens (tertiary/aromatic N) is 2. The number of para-hydroxylation sites is 1. The van der Waals surface area contributed by atoms with E-state index < -0.39 is 27.4 Å². The van der Waals surface area contributed by atoms with Crippen LogP contribution in [-0.2, 0) is 14.8 Å². The van der Waals surface area contributed by atoms with Crippen LogP contribution in [-0.4, -0.2) is 25.8 Å². The average Bonchev–Trinajstić information content (AvgIpc) is 2.74. The van der Waals surface area contributed by atoms with Crippen molar-refractivity contribution >= 4 is 33.0 Å². The van der Waals surface area contributed by atoms with Crippen LogP contribution in [0.25, 0.3) is 0 Å². The summed E-state index contributed by atoms with van der Waals surface area (Å²) in [7, 11) is -4.03. The van der Waals surface area contributed by atoms with Crippen LogP contribution < -0.4 is 9.62 Å². The first-order chi connectivity index (χ1) is 14.7. The molecule has 0 heterocycles. The van der Waals surface area contributed by atoms with Gasteiger partial charge in [0.15, 0.2) is 0 Å². The van der Waals surface area contributed by atoms with E-state index in [2.05, 4.69) is 5.32 Å². The van der Waals surface area contributed by atoms with Crippen LogP contribution in [0, 0.1) is 24.0 Å². The summed E-state index contributed by atoms with van der Waals surface area (Å²) in [5, 5.41) is 13.6. The van der Waals surface area contributed by atoms with Crippen LogP contribution in [0.2, 0.25) is 0 Å². The molecule has 0 bridgehead atoms. The summed E-state index contributed by atoms with van der Waals surface area (Å²) in [5.74, 6) is -0.622. The maximum Gasteiger partial charge on any atom is 0.271 e. The van der Waals surface area contributed by atoms with Crippen LogP contribution >= 0.6 is 0 Å². The van der Waals surface area contributed by atoms with E-state index in [0.717, 1.165) is 9.87 Å². The number of hydrogen-bond donors (Lipinski definition) is 1. The highest BCUT2D eigenvalue weighted by atomic mass is 32.2. The Morgan fingerprint density at radius 3 is 2.26 bits per heavy atom. The van der Waals surface area contributed by atoms with Gasteiger partial charge in [0.1, 0.15) is 6.54 Å². The molecule has 0 radical (unpaired) electrons. The minimum atomic E-state index is -4.03. The fourth-order valence-corrected chi connectivity index (χ4v) is 4.35. The number of carbonyl (C=O) groups excluding carboxylic acids is 1. The topological polar surface area (TPSA) is 110 Å². The molecule has 0 unspecified atom stereocenters. The van der Waals surface area contributed by atoms with Crippen molar-refractivity contribution < 1.29 is 18.1 Å². The van der Waals surface area contributed by atoms with Crippen molar-refractivity contribution in [2.75, 3.05) is 16.2 Å². The lowest BCUT2D eigenvalue weighted by molar-refractivity contribution is -0.384. The van der Waals surface area contributed by atoms with Crippen LogP contribution in [0.1, 0.15) is 11.1 Å². The Labute approximate surface area is 180 Å². The maximum absolute atomic E-state index is 13.3. The first kappa shape index (κ1) is 22.0. The van der Waals surface area contributed by atoms with Gasteiger partial charge in [-0.05, 0) is 43.7 Å². The van der Waals surface area contributed by atoms with Gasteiger partial charge in [-0.2, -0.15) is 0 Å². The zero-order valence-electron chi connectivity index (χ0n) is 17.0. The lowest BCUT2D eigenvalue weighted by Crippen LogP contribution is -2.38. The van der Waals surface area contributed by atoms with Gasteiger partial charge in [0.2, 0.25) is 5.91 Å². The number of anilines is 2. The summed E-state index contributed by atoms with van der Waals surface area (Å²) in [6.07, 6.45) is 0. The van der Waals surface area contributed by atoms with Crippen molar-refractivity contribution in [2.45, 2.75) is 18.7 Å². The summed E-state index contributed by atoms with van der Waals surface area (Å²) in [6.45, 7) is 3.04. The average molecular weight is 439 g/mol. The van der Waals surface area contributed by atoms with Crippen LogP contribution in [0.15, 0.2) is 77.7 Å². The quantitative estimate of drug-likeness (QED) is 0.441. The number of nitro benzene ring substituents is 1. The number of amides is 1. The summed E-state index contributed by atoms with van der Waals surface area (Å²) < 4.78 is 27.6. The summed E-state index contributed by atoms with van der Waals surface area (Å²) in [4.78, 5) is 23.3. The molecule has 0 spiro atoms. The van der Waals surface area contributed by atoms with Gasteiger partial charge in [0.25, 0.3) is 15.7 Å². The smallest absolute Gasteiger partial charge is 0.271 e. The summed E-state index contributed by atoms with van der Waals surface area (Å²) in [5.41, 5.74) is 1.93. The predicted molar refractivity (Wildman–Crippen MR) is 119 cm³/mol. The fourth-order valence-electron chi connectivity index (χ4n) is 2.93. The van der Waals surface area contributed by atoms with E-state index in [-0.39, 0.29) is 16.3 Å². The highest BCUT2D eigenvalue weighted by Crippen LogP contribution is 2.25. The molecule has 0 aromatic heterocycles. The Morgan fingerprint density at radius 1 is 1.00 bits per heavy atom. The molecule has 8 nitrogen and oxygen atoms in total. The second-order valence-electron chi connectivity index (χ2n) is 6.96. The first-order valence-electron chi connectivity index (χ1n) is 9.38. The number of sulfonamides is 1. The highest BCUT2D eigenvalue weighted by Gasteiger charge is 2.27. The van der Waals surface area contributed by atoms with Crippen molar-refractivity contribution in [1.29, 1.82) is 0 Å². The SMILES string of the molecule is Cc1ccc(S(=O)(=O)N(CC(=O)Nc2cc([N+](=O)[O-])ccc2C)c2ccccc2)cc1. The van der Waals surface area contributed by atoms with Crippen molar-refractivity contribution in [3.63, 3.8) is 0 Å². The Hall–Kier alpha value is -3.72. The number of rotatable bonds is 7. The zero-order chi connectivity index (χ0) is 22.6. The van der Waals surface area contributed by atoms with E-state index in [9.17, 15) is 23.3 Å². The van der Waals surface area contributed by atoms with E-state index in [0.29, 0.717) is 11.3 Å². The number of carbonyl (C=O) groups is 1. The molecule has 0 aliphatic rings. The third kappa shape index (κ3) is 5.07. The Morgan fingerprint density at radius 2 is 1.65 bits per heavy atom. The van der Waals surface area contributed by atoms with Gasteiger partial charge in [0, 0.05) is 12.1 Å².